The third-order valence-electron chi connectivity index (χ3n) is 3.74. The van der Waals surface area contributed by atoms with Crippen molar-refractivity contribution < 1.29 is 19.0 Å². The number of carbonyl (C=O) groups is 1. The lowest BCUT2D eigenvalue weighted by molar-refractivity contribution is -0.143. The second-order valence-electron chi connectivity index (χ2n) is 5.27. The number of hydrogen-bond donors (Lipinski definition) is 1. The van der Waals surface area contributed by atoms with Crippen molar-refractivity contribution in [2.75, 3.05) is 20.8 Å². The molecular weight excluding hydrogens is 306 g/mol. The summed E-state index contributed by atoms with van der Waals surface area (Å²) < 4.78 is 15.7. The van der Waals surface area contributed by atoms with Crippen molar-refractivity contribution in [1.29, 1.82) is 0 Å². The zero-order valence-corrected chi connectivity index (χ0v) is 14.2. The average molecular weight is 329 g/mol. The van der Waals surface area contributed by atoms with Crippen LogP contribution in [0.3, 0.4) is 0 Å². The van der Waals surface area contributed by atoms with Crippen LogP contribution in [0, 0.1) is 0 Å². The molecule has 0 radical (unpaired) electrons. The first-order valence-electron chi connectivity index (χ1n) is 7.83. The van der Waals surface area contributed by atoms with Gasteiger partial charge in [-0.1, -0.05) is 30.3 Å². The van der Waals surface area contributed by atoms with Gasteiger partial charge < -0.3 is 19.9 Å². The fourth-order valence-electron chi connectivity index (χ4n) is 2.58. The minimum atomic E-state index is -0.489. The normalized spacial score (nSPS) is 11.7. The van der Waals surface area contributed by atoms with Crippen molar-refractivity contribution in [1.82, 2.24) is 0 Å². The fraction of sp³-hybridized carbons (Fsp3) is 0.316. The molecule has 0 fully saturated rings. The number of para-hydroxylation sites is 1. The Labute approximate surface area is 142 Å². The summed E-state index contributed by atoms with van der Waals surface area (Å²) in [5.41, 5.74) is 8.87. The van der Waals surface area contributed by atoms with E-state index in [1.165, 1.54) is 0 Å². The minimum absolute atomic E-state index is 0.107. The van der Waals surface area contributed by atoms with Crippen molar-refractivity contribution >= 4 is 5.97 Å². The molecule has 0 aliphatic carbocycles. The molecule has 0 aliphatic heterocycles. The third kappa shape index (κ3) is 4.06. The Morgan fingerprint density at radius 1 is 1.08 bits per heavy atom. The lowest BCUT2D eigenvalue weighted by atomic mass is 9.96. The van der Waals surface area contributed by atoms with Crippen LogP contribution in [-0.2, 0) is 9.53 Å². The van der Waals surface area contributed by atoms with Crippen LogP contribution >= 0.6 is 0 Å². The van der Waals surface area contributed by atoms with Crippen molar-refractivity contribution in [3.8, 4) is 22.6 Å². The molecule has 24 heavy (non-hydrogen) atoms. The predicted molar refractivity (Wildman–Crippen MR) is 93.2 cm³/mol. The summed E-state index contributed by atoms with van der Waals surface area (Å²) in [6.45, 7) is 2.11. The van der Waals surface area contributed by atoms with Crippen LogP contribution in [0.2, 0.25) is 0 Å². The van der Waals surface area contributed by atoms with Crippen molar-refractivity contribution in [2.24, 2.45) is 5.73 Å². The lowest BCUT2D eigenvalue weighted by Crippen LogP contribution is -2.18. The number of carbonyl (C=O) groups excluding carboxylic acids is 1. The molecule has 0 heterocycles. The van der Waals surface area contributed by atoms with Gasteiger partial charge in [0.1, 0.15) is 11.5 Å². The maximum Gasteiger partial charge on any atom is 0.307 e. The van der Waals surface area contributed by atoms with Crippen LogP contribution in [0.5, 0.6) is 11.5 Å². The maximum absolute atomic E-state index is 11.7. The van der Waals surface area contributed by atoms with Gasteiger partial charge in [-0.25, -0.2) is 0 Å². The van der Waals surface area contributed by atoms with Crippen LogP contribution in [0.1, 0.15) is 24.9 Å². The summed E-state index contributed by atoms with van der Waals surface area (Å²) >= 11 is 0. The highest BCUT2D eigenvalue weighted by Crippen LogP contribution is 2.36. The highest BCUT2D eigenvalue weighted by Gasteiger charge is 2.19. The van der Waals surface area contributed by atoms with E-state index in [4.69, 9.17) is 19.9 Å². The number of methoxy groups -OCH3 is 2. The Morgan fingerprint density at radius 3 is 2.38 bits per heavy atom. The van der Waals surface area contributed by atoms with E-state index in [-0.39, 0.29) is 12.4 Å². The first kappa shape index (κ1) is 17.8. The Morgan fingerprint density at radius 2 is 1.79 bits per heavy atom. The number of esters is 1. The van der Waals surface area contributed by atoms with Crippen LogP contribution < -0.4 is 15.2 Å². The van der Waals surface area contributed by atoms with Crippen molar-refractivity contribution in [2.45, 2.75) is 19.4 Å². The fourth-order valence-corrected chi connectivity index (χ4v) is 2.58. The molecule has 2 aromatic rings. The smallest absolute Gasteiger partial charge is 0.307 e. The zero-order valence-electron chi connectivity index (χ0n) is 14.2. The molecule has 5 heteroatoms. The molecule has 0 aromatic heterocycles. The molecule has 128 valence electrons. The number of rotatable bonds is 7. The molecule has 0 saturated heterocycles. The SMILES string of the molecule is CCOC(=O)CC(N)c1cccc(-c2ccc(OC)cc2)c1OC. The maximum atomic E-state index is 11.7. The Hall–Kier alpha value is -2.53. The Balaban J connectivity index is 2.35. The summed E-state index contributed by atoms with van der Waals surface area (Å²) in [7, 11) is 3.23. The summed E-state index contributed by atoms with van der Waals surface area (Å²) in [5.74, 6) is 1.13. The van der Waals surface area contributed by atoms with Gasteiger partial charge in [-0.2, -0.15) is 0 Å². The number of ether oxygens (including phenoxy) is 3. The molecule has 1 unspecified atom stereocenters. The van der Waals surface area contributed by atoms with Crippen LogP contribution in [0.25, 0.3) is 11.1 Å². The molecular formula is C19H23NO4. The van der Waals surface area contributed by atoms with E-state index >= 15 is 0 Å². The van der Waals surface area contributed by atoms with E-state index in [1.807, 2.05) is 42.5 Å². The van der Waals surface area contributed by atoms with Gasteiger partial charge in [-0.15, -0.1) is 0 Å². The predicted octanol–water partition coefficient (Wildman–Crippen LogP) is 3.32. The quantitative estimate of drug-likeness (QED) is 0.789. The molecule has 2 N–H and O–H groups in total. The topological polar surface area (TPSA) is 70.8 Å². The van der Waals surface area contributed by atoms with Crippen LogP contribution in [-0.4, -0.2) is 26.8 Å². The third-order valence-corrected chi connectivity index (χ3v) is 3.74. The molecule has 0 saturated carbocycles. The summed E-state index contributed by atoms with van der Waals surface area (Å²) in [6, 6.07) is 12.9. The van der Waals surface area contributed by atoms with Gasteiger partial charge in [-0.3, -0.25) is 4.79 Å². The van der Waals surface area contributed by atoms with Crippen molar-refractivity contribution in [3.63, 3.8) is 0 Å². The van der Waals surface area contributed by atoms with Crippen LogP contribution in [0.15, 0.2) is 42.5 Å². The first-order chi connectivity index (χ1) is 11.6. The second-order valence-corrected chi connectivity index (χ2v) is 5.27. The highest BCUT2D eigenvalue weighted by atomic mass is 16.5. The largest absolute Gasteiger partial charge is 0.497 e. The van der Waals surface area contributed by atoms with E-state index in [1.54, 1.807) is 21.1 Å². The molecule has 5 nitrogen and oxygen atoms in total. The van der Waals surface area contributed by atoms with Gasteiger partial charge in [-0.05, 0) is 24.6 Å². The number of benzene rings is 2. The Kier molecular flexibility index (Phi) is 6.21. The van der Waals surface area contributed by atoms with Gasteiger partial charge in [0, 0.05) is 17.2 Å². The zero-order chi connectivity index (χ0) is 17.5. The van der Waals surface area contributed by atoms with E-state index in [0.29, 0.717) is 12.4 Å². The molecule has 2 rings (SSSR count). The van der Waals surface area contributed by atoms with Crippen LogP contribution in [0.4, 0.5) is 0 Å². The minimum Gasteiger partial charge on any atom is -0.497 e. The molecule has 0 spiro atoms. The van der Waals surface area contributed by atoms with Gasteiger partial charge >= 0.3 is 5.97 Å². The van der Waals surface area contributed by atoms with Gasteiger partial charge in [0.05, 0.1) is 27.2 Å². The molecule has 0 aliphatic rings. The van der Waals surface area contributed by atoms with Gasteiger partial charge in [0.25, 0.3) is 0 Å². The molecule has 2 aromatic carbocycles. The van der Waals surface area contributed by atoms with Crippen molar-refractivity contribution in [3.05, 3.63) is 48.0 Å². The molecule has 0 bridgehead atoms. The summed E-state index contributed by atoms with van der Waals surface area (Å²) in [5, 5.41) is 0. The highest BCUT2D eigenvalue weighted by molar-refractivity contribution is 5.75. The molecule has 0 amide bonds. The van der Waals surface area contributed by atoms with Gasteiger partial charge in [0.2, 0.25) is 0 Å². The Bertz CT molecular complexity index is 682. The lowest BCUT2D eigenvalue weighted by Gasteiger charge is -2.18. The summed E-state index contributed by atoms with van der Waals surface area (Å²) in [6.07, 6.45) is 0.107. The van der Waals surface area contributed by atoms with E-state index in [2.05, 4.69) is 0 Å². The van der Waals surface area contributed by atoms with E-state index in [9.17, 15) is 4.79 Å². The van der Waals surface area contributed by atoms with E-state index in [0.717, 1.165) is 22.4 Å². The van der Waals surface area contributed by atoms with Gasteiger partial charge in [0.15, 0.2) is 0 Å². The number of hydrogen-bond acceptors (Lipinski definition) is 5. The second kappa shape index (κ2) is 8.36. The average Bonchev–Trinajstić information content (AvgIpc) is 2.61. The van der Waals surface area contributed by atoms with E-state index < -0.39 is 6.04 Å². The number of nitrogens with two attached hydrogens (primary N) is 1. The summed E-state index contributed by atoms with van der Waals surface area (Å²) in [4.78, 5) is 11.7. The monoisotopic (exact) mass is 329 g/mol. The molecule has 1 atom stereocenters. The standard InChI is InChI=1S/C19H23NO4/c1-4-24-18(21)12-17(20)16-7-5-6-15(19(16)23-3)13-8-10-14(22-2)11-9-13/h5-11,17H,4,12,20H2,1-3H3. The first-order valence-corrected chi connectivity index (χ1v) is 7.83.